The Morgan fingerprint density at radius 3 is 2.50 bits per heavy atom. The molecular weight excluding hydrogens is 255 g/mol. The zero-order valence-corrected chi connectivity index (χ0v) is 9.95. The maximum Gasteiger partial charge on any atom is 0.354 e. The number of aromatic nitrogens is 1. The third kappa shape index (κ3) is 2.78. The first-order chi connectivity index (χ1) is 8.56. The van der Waals surface area contributed by atoms with Crippen molar-refractivity contribution in [2.45, 2.75) is 9.92 Å². The number of nitrogen functional groups attached to an aromatic ring is 1. The topological polar surface area (TPSA) is 76.2 Å². The third-order valence-electron chi connectivity index (χ3n) is 2.14. The predicted octanol–water partition coefficient (Wildman–Crippen LogP) is 2.65. The molecule has 3 N–H and O–H groups in total. The van der Waals surface area contributed by atoms with Gasteiger partial charge in [-0.3, -0.25) is 0 Å². The van der Waals surface area contributed by atoms with E-state index in [0.29, 0.717) is 10.7 Å². The van der Waals surface area contributed by atoms with Gasteiger partial charge in [0.25, 0.3) is 0 Å². The molecule has 92 valence electrons. The third-order valence-corrected chi connectivity index (χ3v) is 3.17. The van der Waals surface area contributed by atoms with Crippen LogP contribution in [-0.4, -0.2) is 16.1 Å². The van der Waals surface area contributed by atoms with Crippen LogP contribution >= 0.6 is 11.8 Å². The van der Waals surface area contributed by atoms with Gasteiger partial charge < -0.3 is 10.8 Å². The average Bonchev–Trinajstić information content (AvgIpc) is 2.34. The van der Waals surface area contributed by atoms with Crippen molar-refractivity contribution in [3.63, 3.8) is 0 Å². The fourth-order valence-corrected chi connectivity index (χ4v) is 2.09. The summed E-state index contributed by atoms with van der Waals surface area (Å²) in [6.45, 7) is 0. The second-order valence-corrected chi connectivity index (χ2v) is 4.51. The van der Waals surface area contributed by atoms with Crippen molar-refractivity contribution in [1.29, 1.82) is 0 Å². The normalized spacial score (nSPS) is 10.3. The van der Waals surface area contributed by atoms with E-state index in [-0.39, 0.29) is 11.5 Å². The van der Waals surface area contributed by atoms with Crippen LogP contribution in [0, 0.1) is 5.82 Å². The predicted molar refractivity (Wildman–Crippen MR) is 66.1 cm³/mol. The summed E-state index contributed by atoms with van der Waals surface area (Å²) in [7, 11) is 0. The van der Waals surface area contributed by atoms with Crippen LogP contribution in [0.15, 0.2) is 46.3 Å². The van der Waals surface area contributed by atoms with Crippen LogP contribution in [-0.2, 0) is 0 Å². The van der Waals surface area contributed by atoms with E-state index < -0.39 is 5.97 Å². The number of aromatic carboxylic acids is 1. The molecule has 0 spiro atoms. The lowest BCUT2D eigenvalue weighted by Crippen LogP contribution is -2.02. The maximum atomic E-state index is 12.7. The molecule has 1 aromatic heterocycles. The molecule has 0 radical (unpaired) electrons. The summed E-state index contributed by atoms with van der Waals surface area (Å²) in [6, 6.07) is 8.62. The molecule has 0 bridgehead atoms. The second-order valence-electron chi connectivity index (χ2n) is 3.45. The number of halogens is 1. The first-order valence-electron chi connectivity index (χ1n) is 4.99. The fourth-order valence-electron chi connectivity index (χ4n) is 1.27. The average molecular weight is 264 g/mol. The molecule has 0 saturated carbocycles. The Balaban J connectivity index is 2.30. The Kier molecular flexibility index (Phi) is 3.47. The number of nitrogens with zero attached hydrogens (tertiary/aromatic N) is 1. The van der Waals surface area contributed by atoms with Gasteiger partial charge in [-0.15, -0.1) is 0 Å². The molecule has 0 aliphatic rings. The van der Waals surface area contributed by atoms with E-state index in [2.05, 4.69) is 4.98 Å². The van der Waals surface area contributed by atoms with Crippen molar-refractivity contribution in [2.75, 3.05) is 5.73 Å². The number of pyridine rings is 1. The van der Waals surface area contributed by atoms with Crippen molar-refractivity contribution < 1.29 is 14.3 Å². The molecule has 0 saturated heterocycles. The van der Waals surface area contributed by atoms with Crippen LogP contribution < -0.4 is 5.73 Å². The number of rotatable bonds is 3. The van der Waals surface area contributed by atoms with E-state index in [1.165, 1.54) is 36.0 Å². The van der Waals surface area contributed by atoms with Crippen molar-refractivity contribution in [2.24, 2.45) is 0 Å². The quantitative estimate of drug-likeness (QED) is 0.891. The van der Waals surface area contributed by atoms with Gasteiger partial charge in [-0.25, -0.2) is 14.2 Å². The van der Waals surface area contributed by atoms with Gasteiger partial charge in [-0.1, -0.05) is 11.8 Å². The molecule has 0 unspecified atom stereocenters. The number of anilines is 1. The summed E-state index contributed by atoms with van der Waals surface area (Å²) in [6.07, 6.45) is 0. The van der Waals surface area contributed by atoms with Gasteiger partial charge in [-0.2, -0.15) is 0 Å². The molecule has 0 aliphatic carbocycles. The van der Waals surface area contributed by atoms with Gasteiger partial charge >= 0.3 is 5.97 Å². The van der Waals surface area contributed by atoms with E-state index in [9.17, 15) is 9.18 Å². The van der Waals surface area contributed by atoms with E-state index in [1.54, 1.807) is 12.1 Å². The Morgan fingerprint density at radius 2 is 1.89 bits per heavy atom. The van der Waals surface area contributed by atoms with Gasteiger partial charge in [0.1, 0.15) is 16.5 Å². The van der Waals surface area contributed by atoms with E-state index in [0.717, 1.165) is 4.90 Å². The lowest BCUT2D eigenvalue weighted by atomic mass is 10.3. The summed E-state index contributed by atoms with van der Waals surface area (Å²) in [4.78, 5) is 15.5. The molecule has 2 aromatic rings. The van der Waals surface area contributed by atoms with Crippen molar-refractivity contribution in [1.82, 2.24) is 4.98 Å². The molecule has 1 aromatic carbocycles. The summed E-state index contributed by atoms with van der Waals surface area (Å²) >= 11 is 1.19. The molecule has 6 heteroatoms. The molecular formula is C12H9FN2O2S. The Morgan fingerprint density at radius 1 is 1.22 bits per heavy atom. The van der Waals surface area contributed by atoms with Crippen molar-refractivity contribution >= 4 is 23.4 Å². The number of benzene rings is 1. The number of hydrogen-bond acceptors (Lipinski definition) is 4. The molecule has 0 atom stereocenters. The minimum atomic E-state index is -1.11. The molecule has 0 aliphatic heterocycles. The smallest absolute Gasteiger partial charge is 0.354 e. The van der Waals surface area contributed by atoms with Crippen LogP contribution in [0.25, 0.3) is 0 Å². The van der Waals surface area contributed by atoms with Crippen LogP contribution in [0.5, 0.6) is 0 Å². The monoisotopic (exact) mass is 264 g/mol. The SMILES string of the molecule is Nc1ccc(C(=O)O)nc1Sc1ccc(F)cc1. The van der Waals surface area contributed by atoms with Gasteiger partial charge in [0.05, 0.1) is 5.69 Å². The highest BCUT2D eigenvalue weighted by Gasteiger charge is 2.10. The minimum absolute atomic E-state index is 0.0752. The minimum Gasteiger partial charge on any atom is -0.477 e. The number of carbonyl (C=O) groups is 1. The fraction of sp³-hybridized carbons (Fsp3) is 0. The first kappa shape index (κ1) is 12.4. The van der Waals surface area contributed by atoms with E-state index in [4.69, 9.17) is 10.8 Å². The lowest BCUT2D eigenvalue weighted by molar-refractivity contribution is 0.0690. The summed E-state index contributed by atoms with van der Waals surface area (Å²) in [5, 5.41) is 9.23. The van der Waals surface area contributed by atoms with Crippen molar-refractivity contribution in [3.8, 4) is 0 Å². The Labute approximate surface area is 107 Å². The molecule has 2 rings (SSSR count). The van der Waals surface area contributed by atoms with E-state index >= 15 is 0 Å². The van der Waals surface area contributed by atoms with Crippen molar-refractivity contribution in [3.05, 3.63) is 47.9 Å². The zero-order chi connectivity index (χ0) is 13.1. The molecule has 18 heavy (non-hydrogen) atoms. The number of nitrogens with two attached hydrogens (primary N) is 1. The molecule has 4 nitrogen and oxygen atoms in total. The van der Waals surface area contributed by atoms with Gasteiger partial charge in [0.15, 0.2) is 0 Å². The summed E-state index contributed by atoms with van der Waals surface area (Å²) in [5.74, 6) is -1.45. The first-order valence-corrected chi connectivity index (χ1v) is 5.81. The highest BCUT2D eigenvalue weighted by Crippen LogP contribution is 2.30. The lowest BCUT2D eigenvalue weighted by Gasteiger charge is -2.05. The maximum absolute atomic E-state index is 12.7. The van der Waals surface area contributed by atoms with Crippen LogP contribution in [0.3, 0.4) is 0 Å². The number of carboxylic acids is 1. The molecule has 0 amide bonds. The number of carboxylic acid groups (broad SMARTS) is 1. The largest absolute Gasteiger partial charge is 0.477 e. The Hall–Kier alpha value is -2.08. The number of hydrogen-bond donors (Lipinski definition) is 2. The highest BCUT2D eigenvalue weighted by molar-refractivity contribution is 7.99. The standard InChI is InChI=1S/C12H9FN2O2S/c13-7-1-3-8(4-2-7)18-11-9(14)5-6-10(15-11)12(16)17/h1-6H,14H2,(H,16,17). The zero-order valence-electron chi connectivity index (χ0n) is 9.13. The van der Waals surface area contributed by atoms with Crippen LogP contribution in [0.2, 0.25) is 0 Å². The van der Waals surface area contributed by atoms with Crippen LogP contribution in [0.4, 0.5) is 10.1 Å². The summed E-state index contributed by atoms with van der Waals surface area (Å²) < 4.78 is 12.7. The Bertz CT molecular complexity index is 587. The van der Waals surface area contributed by atoms with Gasteiger partial charge in [0, 0.05) is 4.90 Å². The summed E-state index contributed by atoms with van der Waals surface area (Å²) in [5.41, 5.74) is 6.03. The van der Waals surface area contributed by atoms with Gasteiger partial charge in [0.2, 0.25) is 0 Å². The van der Waals surface area contributed by atoms with Gasteiger partial charge in [-0.05, 0) is 36.4 Å². The molecule has 0 fully saturated rings. The van der Waals surface area contributed by atoms with Crippen LogP contribution in [0.1, 0.15) is 10.5 Å². The molecule has 1 heterocycles. The second kappa shape index (κ2) is 5.05. The highest BCUT2D eigenvalue weighted by atomic mass is 32.2. The van der Waals surface area contributed by atoms with E-state index in [1.807, 2.05) is 0 Å².